The predicted octanol–water partition coefficient (Wildman–Crippen LogP) is 4.82. The smallest absolute Gasteiger partial charge is 0.150 e. The molecule has 1 unspecified atom stereocenters. The van der Waals surface area contributed by atoms with E-state index in [4.69, 9.17) is 0 Å². The molecular formula is C14H12BrF3N2. The van der Waals surface area contributed by atoms with Gasteiger partial charge in [-0.3, -0.25) is 4.98 Å². The number of aromatic nitrogens is 1. The van der Waals surface area contributed by atoms with Crippen molar-refractivity contribution < 1.29 is 13.2 Å². The molecule has 0 aliphatic carbocycles. The van der Waals surface area contributed by atoms with Crippen molar-refractivity contribution in [1.82, 2.24) is 4.98 Å². The fraction of sp³-hybridized carbons (Fsp3) is 0.214. The van der Waals surface area contributed by atoms with Crippen molar-refractivity contribution in [3.05, 3.63) is 58.1 Å². The number of nitrogens with one attached hydrogen (secondary N) is 1. The van der Waals surface area contributed by atoms with E-state index in [9.17, 15) is 13.2 Å². The molecule has 6 heteroatoms. The van der Waals surface area contributed by atoms with E-state index in [1.54, 1.807) is 0 Å². The second-order valence-corrected chi connectivity index (χ2v) is 5.11. The van der Waals surface area contributed by atoms with Crippen LogP contribution in [0, 0.1) is 17.5 Å². The van der Waals surface area contributed by atoms with E-state index in [0.717, 1.165) is 12.3 Å². The van der Waals surface area contributed by atoms with Gasteiger partial charge in [0.15, 0.2) is 0 Å². The van der Waals surface area contributed by atoms with Crippen LogP contribution in [0.1, 0.15) is 25.1 Å². The first-order valence-corrected chi connectivity index (χ1v) is 6.83. The summed E-state index contributed by atoms with van der Waals surface area (Å²) in [5, 5.41) is 2.95. The first kappa shape index (κ1) is 14.8. The number of benzene rings is 1. The Morgan fingerprint density at radius 2 is 1.95 bits per heavy atom. The SMILES string of the molecule is CCC(Nc1c(F)cc(F)cc1Br)c1ccc(F)cn1. The molecule has 0 bridgehead atoms. The van der Waals surface area contributed by atoms with Crippen LogP contribution >= 0.6 is 15.9 Å². The number of pyridine rings is 1. The molecule has 1 atom stereocenters. The zero-order valence-electron chi connectivity index (χ0n) is 10.6. The van der Waals surface area contributed by atoms with E-state index in [0.29, 0.717) is 12.1 Å². The summed E-state index contributed by atoms with van der Waals surface area (Å²) >= 11 is 3.12. The monoisotopic (exact) mass is 344 g/mol. The standard InChI is InChI=1S/C14H12BrF3N2/c1-2-12(13-4-3-8(16)7-19-13)20-14-10(15)5-9(17)6-11(14)18/h3-7,12,20H,2H2,1H3. The van der Waals surface area contributed by atoms with E-state index in [-0.39, 0.29) is 16.2 Å². The van der Waals surface area contributed by atoms with Gasteiger partial charge < -0.3 is 5.32 Å². The summed E-state index contributed by atoms with van der Waals surface area (Å²) < 4.78 is 40.0. The summed E-state index contributed by atoms with van der Waals surface area (Å²) in [5.41, 5.74) is 0.744. The Bertz CT molecular complexity index is 579. The maximum atomic E-state index is 13.8. The molecule has 0 aliphatic rings. The summed E-state index contributed by atoms with van der Waals surface area (Å²) in [7, 11) is 0. The predicted molar refractivity (Wildman–Crippen MR) is 74.9 cm³/mol. The van der Waals surface area contributed by atoms with Crippen LogP contribution in [0.3, 0.4) is 0 Å². The number of hydrogen-bond acceptors (Lipinski definition) is 2. The van der Waals surface area contributed by atoms with Gasteiger partial charge >= 0.3 is 0 Å². The Labute approximate surface area is 123 Å². The average Bonchev–Trinajstić information content (AvgIpc) is 2.39. The van der Waals surface area contributed by atoms with Crippen molar-refractivity contribution >= 4 is 21.6 Å². The first-order chi connectivity index (χ1) is 9.51. The van der Waals surface area contributed by atoms with Gasteiger partial charge in [0.2, 0.25) is 0 Å². The van der Waals surface area contributed by atoms with Crippen molar-refractivity contribution in [2.24, 2.45) is 0 Å². The molecule has 0 amide bonds. The minimum atomic E-state index is -0.697. The number of anilines is 1. The molecule has 0 spiro atoms. The van der Waals surface area contributed by atoms with Gasteiger partial charge in [-0.1, -0.05) is 6.92 Å². The normalized spacial score (nSPS) is 12.2. The molecule has 0 saturated heterocycles. The van der Waals surface area contributed by atoms with Crippen LogP contribution in [-0.2, 0) is 0 Å². The lowest BCUT2D eigenvalue weighted by Crippen LogP contribution is -2.13. The lowest BCUT2D eigenvalue weighted by Gasteiger charge is -2.19. The third kappa shape index (κ3) is 3.30. The molecule has 1 N–H and O–H groups in total. The Kier molecular flexibility index (Phi) is 4.65. The van der Waals surface area contributed by atoms with E-state index in [1.165, 1.54) is 18.2 Å². The highest BCUT2D eigenvalue weighted by atomic mass is 79.9. The summed E-state index contributed by atoms with van der Waals surface area (Å²) in [6.07, 6.45) is 1.72. The Morgan fingerprint density at radius 1 is 1.20 bits per heavy atom. The lowest BCUT2D eigenvalue weighted by atomic mass is 10.1. The van der Waals surface area contributed by atoms with Gasteiger partial charge in [0.1, 0.15) is 17.5 Å². The van der Waals surface area contributed by atoms with Gasteiger partial charge in [-0.2, -0.15) is 0 Å². The van der Waals surface area contributed by atoms with E-state index in [2.05, 4.69) is 26.2 Å². The van der Waals surface area contributed by atoms with Crippen molar-refractivity contribution in [2.45, 2.75) is 19.4 Å². The summed E-state index contributed by atoms with van der Waals surface area (Å²) in [4.78, 5) is 3.97. The molecule has 0 fully saturated rings. The fourth-order valence-corrected chi connectivity index (χ4v) is 2.36. The van der Waals surface area contributed by atoms with Gasteiger partial charge in [-0.05, 0) is 40.5 Å². The lowest BCUT2D eigenvalue weighted by molar-refractivity contribution is 0.579. The molecule has 0 saturated carbocycles. The highest BCUT2D eigenvalue weighted by molar-refractivity contribution is 9.10. The van der Waals surface area contributed by atoms with Crippen LogP contribution < -0.4 is 5.32 Å². The van der Waals surface area contributed by atoms with Gasteiger partial charge in [-0.15, -0.1) is 0 Å². The number of halogens is 4. The van der Waals surface area contributed by atoms with Gasteiger partial charge in [0, 0.05) is 10.5 Å². The van der Waals surface area contributed by atoms with Crippen LogP contribution in [0.4, 0.5) is 18.9 Å². The Hall–Kier alpha value is -1.56. The van der Waals surface area contributed by atoms with E-state index >= 15 is 0 Å². The first-order valence-electron chi connectivity index (χ1n) is 6.03. The molecule has 1 heterocycles. The second-order valence-electron chi connectivity index (χ2n) is 4.25. The van der Waals surface area contributed by atoms with Crippen molar-refractivity contribution in [3.8, 4) is 0 Å². The van der Waals surface area contributed by atoms with Crippen LogP contribution in [-0.4, -0.2) is 4.98 Å². The maximum Gasteiger partial charge on any atom is 0.150 e. The van der Waals surface area contributed by atoms with Crippen LogP contribution in [0.25, 0.3) is 0 Å². The molecule has 2 rings (SSSR count). The quantitative estimate of drug-likeness (QED) is 0.859. The molecule has 2 aromatic rings. The maximum absolute atomic E-state index is 13.8. The van der Waals surface area contributed by atoms with Crippen molar-refractivity contribution in [3.63, 3.8) is 0 Å². The van der Waals surface area contributed by atoms with Crippen molar-refractivity contribution in [2.75, 3.05) is 5.32 Å². The van der Waals surface area contributed by atoms with Crippen LogP contribution in [0.5, 0.6) is 0 Å². The Morgan fingerprint density at radius 3 is 2.50 bits per heavy atom. The molecule has 2 nitrogen and oxygen atoms in total. The Balaban J connectivity index is 2.29. The third-order valence-corrected chi connectivity index (χ3v) is 3.47. The van der Waals surface area contributed by atoms with Crippen LogP contribution in [0.15, 0.2) is 34.9 Å². The molecule has 20 heavy (non-hydrogen) atoms. The van der Waals surface area contributed by atoms with Gasteiger partial charge in [-0.25, -0.2) is 13.2 Å². The van der Waals surface area contributed by atoms with E-state index < -0.39 is 17.5 Å². The van der Waals surface area contributed by atoms with Gasteiger partial charge in [0.25, 0.3) is 0 Å². The molecule has 1 aromatic carbocycles. The molecular weight excluding hydrogens is 333 g/mol. The zero-order valence-corrected chi connectivity index (χ0v) is 12.2. The highest BCUT2D eigenvalue weighted by Gasteiger charge is 2.16. The largest absolute Gasteiger partial charge is 0.373 e. The second kappa shape index (κ2) is 6.26. The number of rotatable bonds is 4. The average molecular weight is 345 g/mol. The van der Waals surface area contributed by atoms with E-state index in [1.807, 2.05) is 6.92 Å². The fourth-order valence-electron chi connectivity index (χ4n) is 1.83. The summed E-state index contributed by atoms with van der Waals surface area (Å²) in [6.45, 7) is 1.89. The molecule has 106 valence electrons. The minimum Gasteiger partial charge on any atom is -0.373 e. The summed E-state index contributed by atoms with van der Waals surface area (Å²) in [6, 6.07) is 4.51. The topological polar surface area (TPSA) is 24.9 Å². The van der Waals surface area contributed by atoms with Crippen LogP contribution in [0.2, 0.25) is 0 Å². The molecule has 1 aromatic heterocycles. The van der Waals surface area contributed by atoms with Gasteiger partial charge in [0.05, 0.1) is 23.6 Å². The third-order valence-electron chi connectivity index (χ3n) is 2.84. The summed E-state index contributed by atoms with van der Waals surface area (Å²) in [5.74, 6) is -1.79. The van der Waals surface area contributed by atoms with Crippen molar-refractivity contribution in [1.29, 1.82) is 0 Å². The molecule has 0 aliphatic heterocycles. The highest BCUT2D eigenvalue weighted by Crippen LogP contribution is 2.31. The minimum absolute atomic E-state index is 0.157. The number of hydrogen-bond donors (Lipinski definition) is 1. The molecule has 0 radical (unpaired) electrons. The number of nitrogens with zero attached hydrogens (tertiary/aromatic N) is 1. The zero-order chi connectivity index (χ0) is 14.7.